The maximum atomic E-state index is 10.9. The van der Waals surface area contributed by atoms with Gasteiger partial charge in [-0.15, -0.1) is 0 Å². The third-order valence-corrected chi connectivity index (χ3v) is 3.02. The molecule has 1 N–H and O–H groups in total. The second kappa shape index (κ2) is 5.66. The lowest BCUT2D eigenvalue weighted by Gasteiger charge is -2.18. The minimum absolute atomic E-state index is 0.144. The molecule has 94 valence electrons. The molecule has 1 aromatic rings. The third-order valence-electron chi connectivity index (χ3n) is 2.35. The molecule has 1 rings (SSSR count). The van der Waals surface area contributed by atoms with Crippen LogP contribution in [0.15, 0.2) is 18.2 Å². The van der Waals surface area contributed by atoms with Gasteiger partial charge in [0.2, 0.25) is 0 Å². The first kappa shape index (κ1) is 14.2. The van der Waals surface area contributed by atoms with E-state index in [2.05, 4.69) is 48.7 Å². The minimum Gasteiger partial charge on any atom is -0.379 e. The minimum atomic E-state index is -0.346. The Morgan fingerprint density at radius 1 is 1.41 bits per heavy atom. The van der Waals surface area contributed by atoms with Crippen molar-refractivity contribution >= 4 is 34.0 Å². The van der Waals surface area contributed by atoms with E-state index in [0.29, 0.717) is 5.69 Å². The Balaban J connectivity index is 2.74. The van der Waals surface area contributed by atoms with Crippen molar-refractivity contribution in [2.45, 2.75) is 27.2 Å². The smallest absolute Gasteiger partial charge is 0.293 e. The number of nitrogens with one attached hydrogen (secondary N) is 1. The number of hydrogen-bond acceptors (Lipinski definition) is 3. The van der Waals surface area contributed by atoms with Crippen molar-refractivity contribution in [3.05, 3.63) is 31.9 Å². The molecule has 0 aliphatic carbocycles. The molecule has 5 heteroatoms. The van der Waals surface area contributed by atoms with E-state index in [-0.39, 0.29) is 16.0 Å². The molecule has 4 nitrogen and oxygen atoms in total. The van der Waals surface area contributed by atoms with Gasteiger partial charge in [0.05, 0.1) is 4.92 Å². The Hall–Kier alpha value is -0.850. The summed E-state index contributed by atoms with van der Waals surface area (Å²) in [6, 6.07) is 5.22. The maximum Gasteiger partial charge on any atom is 0.293 e. The van der Waals surface area contributed by atoms with Gasteiger partial charge in [0.15, 0.2) is 0 Å². The van der Waals surface area contributed by atoms with Gasteiger partial charge in [0, 0.05) is 16.2 Å². The molecule has 0 aliphatic heterocycles. The van der Waals surface area contributed by atoms with Crippen LogP contribution in [0.3, 0.4) is 0 Å². The van der Waals surface area contributed by atoms with Crippen LogP contribution in [0, 0.1) is 19.1 Å². The SMILES string of the molecule is CC(C)(C)CCNc1ccc(I)cc1[N+](=O)[O-]. The summed E-state index contributed by atoms with van der Waals surface area (Å²) >= 11 is 2.07. The first-order valence-electron chi connectivity index (χ1n) is 5.47. The fraction of sp³-hybridized carbons (Fsp3) is 0.500. The highest BCUT2D eigenvalue weighted by atomic mass is 127. The van der Waals surface area contributed by atoms with E-state index in [1.165, 1.54) is 0 Å². The van der Waals surface area contributed by atoms with Crippen molar-refractivity contribution in [3.63, 3.8) is 0 Å². The molecular weight excluding hydrogens is 331 g/mol. The molecule has 1 aromatic carbocycles. The van der Waals surface area contributed by atoms with Crippen LogP contribution in [0.1, 0.15) is 27.2 Å². The van der Waals surface area contributed by atoms with E-state index in [4.69, 9.17) is 0 Å². The van der Waals surface area contributed by atoms with Crippen molar-refractivity contribution in [1.82, 2.24) is 0 Å². The monoisotopic (exact) mass is 348 g/mol. The second-order valence-electron chi connectivity index (χ2n) is 5.16. The van der Waals surface area contributed by atoms with Gasteiger partial charge in [-0.3, -0.25) is 10.1 Å². The second-order valence-corrected chi connectivity index (χ2v) is 6.40. The van der Waals surface area contributed by atoms with Gasteiger partial charge >= 0.3 is 0 Å². The molecule has 0 aliphatic rings. The lowest BCUT2D eigenvalue weighted by atomic mass is 9.92. The highest BCUT2D eigenvalue weighted by Crippen LogP contribution is 2.27. The fourth-order valence-corrected chi connectivity index (χ4v) is 1.85. The van der Waals surface area contributed by atoms with Gasteiger partial charge in [-0.25, -0.2) is 0 Å². The number of anilines is 1. The Bertz CT molecular complexity index is 413. The number of rotatable bonds is 4. The number of benzene rings is 1. The molecule has 17 heavy (non-hydrogen) atoms. The van der Waals surface area contributed by atoms with Crippen LogP contribution in [-0.2, 0) is 0 Å². The fourth-order valence-electron chi connectivity index (χ4n) is 1.38. The molecule has 0 radical (unpaired) electrons. The van der Waals surface area contributed by atoms with E-state index < -0.39 is 0 Å². The Morgan fingerprint density at radius 2 is 2.06 bits per heavy atom. The Labute approximate surface area is 115 Å². The summed E-state index contributed by atoms with van der Waals surface area (Å²) in [5.74, 6) is 0. The van der Waals surface area contributed by atoms with Crippen molar-refractivity contribution in [2.75, 3.05) is 11.9 Å². The average molecular weight is 348 g/mol. The lowest BCUT2D eigenvalue weighted by Crippen LogP contribution is -2.13. The van der Waals surface area contributed by atoms with Crippen LogP contribution in [0.2, 0.25) is 0 Å². The summed E-state index contributed by atoms with van der Waals surface area (Å²) in [6.07, 6.45) is 0.968. The highest BCUT2D eigenvalue weighted by molar-refractivity contribution is 14.1. The lowest BCUT2D eigenvalue weighted by molar-refractivity contribution is -0.384. The topological polar surface area (TPSA) is 55.2 Å². The quantitative estimate of drug-likeness (QED) is 0.507. The Kier molecular flexibility index (Phi) is 4.73. The van der Waals surface area contributed by atoms with Gasteiger partial charge < -0.3 is 5.32 Å². The summed E-state index contributed by atoms with van der Waals surface area (Å²) in [6.45, 7) is 7.19. The summed E-state index contributed by atoms with van der Waals surface area (Å²) in [4.78, 5) is 10.6. The van der Waals surface area contributed by atoms with Crippen molar-refractivity contribution in [2.24, 2.45) is 5.41 Å². The molecule has 0 unspecified atom stereocenters. The van der Waals surface area contributed by atoms with Gasteiger partial charge in [-0.1, -0.05) is 20.8 Å². The normalized spacial score (nSPS) is 11.3. The van der Waals surface area contributed by atoms with Crippen LogP contribution in [0.5, 0.6) is 0 Å². The van der Waals surface area contributed by atoms with Crippen LogP contribution in [-0.4, -0.2) is 11.5 Å². The van der Waals surface area contributed by atoms with E-state index in [9.17, 15) is 10.1 Å². The third kappa shape index (κ3) is 4.89. The summed E-state index contributed by atoms with van der Waals surface area (Å²) in [5.41, 5.74) is 0.968. The van der Waals surface area contributed by atoms with Gasteiger partial charge in [0.1, 0.15) is 5.69 Å². The van der Waals surface area contributed by atoms with Gasteiger partial charge in [-0.2, -0.15) is 0 Å². The van der Waals surface area contributed by atoms with Gasteiger partial charge in [-0.05, 0) is 46.6 Å². The number of nitrogens with zero attached hydrogens (tertiary/aromatic N) is 1. The number of nitro benzene ring substituents is 1. The zero-order valence-corrected chi connectivity index (χ0v) is 12.4. The zero-order valence-electron chi connectivity index (χ0n) is 10.3. The van der Waals surface area contributed by atoms with E-state index in [1.54, 1.807) is 12.1 Å². The largest absolute Gasteiger partial charge is 0.379 e. The van der Waals surface area contributed by atoms with E-state index in [1.807, 2.05) is 6.07 Å². The number of halogens is 1. The first-order valence-corrected chi connectivity index (χ1v) is 6.55. The number of hydrogen-bond donors (Lipinski definition) is 1. The zero-order chi connectivity index (χ0) is 13.1. The molecular formula is C12H17IN2O2. The molecule has 0 fully saturated rings. The summed E-state index contributed by atoms with van der Waals surface area (Å²) in [5, 5.41) is 14.0. The number of nitro groups is 1. The standard InChI is InChI=1S/C12H17IN2O2/c1-12(2,3)6-7-14-10-5-4-9(13)8-11(10)15(16)17/h4-5,8,14H,6-7H2,1-3H3. The van der Waals surface area contributed by atoms with Crippen LogP contribution in [0.4, 0.5) is 11.4 Å². The maximum absolute atomic E-state index is 10.9. The molecule has 0 heterocycles. The van der Waals surface area contributed by atoms with E-state index >= 15 is 0 Å². The summed E-state index contributed by atoms with van der Waals surface area (Å²) < 4.78 is 0.871. The molecule has 0 spiro atoms. The van der Waals surface area contributed by atoms with Gasteiger partial charge in [0.25, 0.3) is 5.69 Å². The molecule has 0 saturated carbocycles. The molecule has 0 bridgehead atoms. The van der Waals surface area contributed by atoms with Crippen LogP contribution < -0.4 is 5.32 Å². The molecule has 0 saturated heterocycles. The van der Waals surface area contributed by atoms with Crippen LogP contribution >= 0.6 is 22.6 Å². The van der Waals surface area contributed by atoms with E-state index in [0.717, 1.165) is 16.5 Å². The molecule has 0 aromatic heterocycles. The highest BCUT2D eigenvalue weighted by Gasteiger charge is 2.15. The van der Waals surface area contributed by atoms with Crippen molar-refractivity contribution in [1.29, 1.82) is 0 Å². The predicted molar refractivity (Wildman–Crippen MR) is 78.4 cm³/mol. The molecule has 0 atom stereocenters. The first-order chi connectivity index (χ1) is 7.79. The van der Waals surface area contributed by atoms with Crippen LogP contribution in [0.25, 0.3) is 0 Å². The Morgan fingerprint density at radius 3 is 2.59 bits per heavy atom. The van der Waals surface area contributed by atoms with Crippen molar-refractivity contribution in [3.8, 4) is 0 Å². The van der Waals surface area contributed by atoms with Crippen molar-refractivity contribution < 1.29 is 4.92 Å². The predicted octanol–water partition coefficient (Wildman–Crippen LogP) is 4.05. The summed E-state index contributed by atoms with van der Waals surface area (Å²) in [7, 11) is 0. The molecule has 0 amide bonds. The average Bonchev–Trinajstić information content (AvgIpc) is 2.18.